The molecule has 0 saturated heterocycles. The highest BCUT2D eigenvalue weighted by Crippen LogP contribution is 2.32. The third-order valence-electron chi connectivity index (χ3n) is 4.00. The predicted molar refractivity (Wildman–Crippen MR) is 101 cm³/mol. The molecule has 8 heteroatoms. The minimum Gasteiger partial charge on any atom is -0.486 e. The van der Waals surface area contributed by atoms with E-state index in [1.54, 1.807) is 37.3 Å². The maximum absolute atomic E-state index is 12.1. The summed E-state index contributed by atoms with van der Waals surface area (Å²) in [5.74, 6) is -0.262. The fraction of sp³-hybridized carbons (Fsp3) is 0.250. The number of fused-ring (bicyclic) bond motifs is 1. The molecule has 8 nitrogen and oxygen atoms in total. The van der Waals surface area contributed by atoms with Crippen LogP contribution in [0.25, 0.3) is 0 Å². The molecule has 1 aliphatic heterocycles. The van der Waals surface area contributed by atoms with Crippen molar-refractivity contribution in [3.05, 3.63) is 53.1 Å². The lowest BCUT2D eigenvalue weighted by molar-refractivity contribution is -0.123. The molecule has 0 atom stereocenters. The van der Waals surface area contributed by atoms with Crippen LogP contribution in [0.15, 0.2) is 36.4 Å². The molecule has 0 spiro atoms. The average Bonchev–Trinajstić information content (AvgIpc) is 2.67. The van der Waals surface area contributed by atoms with Crippen molar-refractivity contribution >= 4 is 23.6 Å². The summed E-state index contributed by atoms with van der Waals surface area (Å²) in [5.41, 5.74) is 2.46. The largest absolute Gasteiger partial charge is 0.486 e. The normalized spacial score (nSPS) is 12.1. The van der Waals surface area contributed by atoms with E-state index in [0.717, 1.165) is 11.1 Å². The zero-order valence-corrected chi connectivity index (χ0v) is 15.5. The fourth-order valence-corrected chi connectivity index (χ4v) is 2.61. The maximum atomic E-state index is 12.1. The van der Waals surface area contributed by atoms with Crippen LogP contribution in [0.1, 0.15) is 21.5 Å². The minimum atomic E-state index is -0.746. The number of ether oxygens (including phenoxy) is 3. The van der Waals surface area contributed by atoms with Crippen LogP contribution in [0.3, 0.4) is 0 Å². The lowest BCUT2D eigenvalue weighted by Gasteiger charge is -2.19. The topological polar surface area (TPSA) is 103 Å². The Labute approximate surface area is 161 Å². The zero-order chi connectivity index (χ0) is 20.1. The summed E-state index contributed by atoms with van der Waals surface area (Å²) in [6.45, 7) is 3.95. The first-order valence-electron chi connectivity index (χ1n) is 8.67. The van der Waals surface area contributed by atoms with Gasteiger partial charge in [-0.25, -0.2) is 9.59 Å². The van der Waals surface area contributed by atoms with Crippen LogP contribution in [0.5, 0.6) is 11.5 Å². The number of hydrogen-bond acceptors (Lipinski definition) is 6. The molecule has 0 fully saturated rings. The fourth-order valence-electron chi connectivity index (χ4n) is 2.61. The van der Waals surface area contributed by atoms with E-state index >= 15 is 0 Å². The Morgan fingerprint density at radius 1 is 1.00 bits per heavy atom. The maximum Gasteiger partial charge on any atom is 0.338 e. The molecule has 0 aliphatic carbocycles. The second-order valence-corrected chi connectivity index (χ2v) is 6.26. The second-order valence-electron chi connectivity index (χ2n) is 6.26. The van der Waals surface area contributed by atoms with Gasteiger partial charge in [0.1, 0.15) is 13.2 Å². The highest BCUT2D eigenvalue weighted by Gasteiger charge is 2.16. The number of imide groups is 1. The summed E-state index contributed by atoms with van der Waals surface area (Å²) in [7, 11) is 0. The molecule has 0 bridgehead atoms. The number of anilines is 1. The number of carbonyl (C=O) groups is 3. The van der Waals surface area contributed by atoms with Crippen LogP contribution in [-0.4, -0.2) is 37.7 Å². The van der Waals surface area contributed by atoms with E-state index in [2.05, 4.69) is 10.6 Å². The Bertz CT molecular complexity index is 925. The van der Waals surface area contributed by atoms with Crippen molar-refractivity contribution < 1.29 is 28.6 Å². The van der Waals surface area contributed by atoms with Crippen molar-refractivity contribution in [1.82, 2.24) is 5.32 Å². The lowest BCUT2D eigenvalue weighted by atomic mass is 10.1. The summed E-state index contributed by atoms with van der Waals surface area (Å²) in [5, 5.41) is 4.61. The third-order valence-corrected chi connectivity index (χ3v) is 4.00. The van der Waals surface area contributed by atoms with Gasteiger partial charge in [0.25, 0.3) is 5.91 Å². The van der Waals surface area contributed by atoms with Crippen molar-refractivity contribution in [2.24, 2.45) is 0 Å². The first-order valence-corrected chi connectivity index (χ1v) is 8.67. The van der Waals surface area contributed by atoms with Gasteiger partial charge in [-0.1, -0.05) is 17.7 Å². The third kappa shape index (κ3) is 4.79. The van der Waals surface area contributed by atoms with Crippen LogP contribution in [0.4, 0.5) is 10.5 Å². The van der Waals surface area contributed by atoms with Crippen LogP contribution in [0, 0.1) is 13.8 Å². The number of urea groups is 1. The molecule has 3 rings (SSSR count). The van der Waals surface area contributed by atoms with E-state index in [-0.39, 0.29) is 0 Å². The van der Waals surface area contributed by atoms with Gasteiger partial charge < -0.3 is 19.5 Å². The molecule has 146 valence electrons. The molecule has 2 N–H and O–H groups in total. The summed E-state index contributed by atoms with van der Waals surface area (Å²) < 4.78 is 15.8. The van der Waals surface area contributed by atoms with E-state index in [1.807, 2.05) is 13.0 Å². The van der Waals surface area contributed by atoms with Gasteiger partial charge in [-0.05, 0) is 37.6 Å². The summed E-state index contributed by atoms with van der Waals surface area (Å²) in [6, 6.07) is 9.50. The van der Waals surface area contributed by atoms with Crippen molar-refractivity contribution in [2.75, 3.05) is 25.1 Å². The Hall–Kier alpha value is -3.55. The summed E-state index contributed by atoms with van der Waals surface area (Å²) in [6.07, 6.45) is 0. The Morgan fingerprint density at radius 3 is 2.54 bits per heavy atom. The molecule has 2 aromatic carbocycles. The number of nitrogens with one attached hydrogen (secondary N) is 2. The first kappa shape index (κ1) is 19.2. The Balaban J connectivity index is 1.50. The zero-order valence-electron chi connectivity index (χ0n) is 15.5. The predicted octanol–water partition coefficient (Wildman–Crippen LogP) is 2.58. The molecule has 3 amide bonds. The Morgan fingerprint density at radius 2 is 1.75 bits per heavy atom. The van der Waals surface area contributed by atoms with Gasteiger partial charge in [0.05, 0.1) is 5.56 Å². The first-order chi connectivity index (χ1) is 13.4. The number of amides is 3. The van der Waals surface area contributed by atoms with Gasteiger partial charge in [0.2, 0.25) is 0 Å². The van der Waals surface area contributed by atoms with Crippen LogP contribution < -0.4 is 20.1 Å². The quantitative estimate of drug-likeness (QED) is 0.786. The molecule has 28 heavy (non-hydrogen) atoms. The van der Waals surface area contributed by atoms with Crippen molar-refractivity contribution in [1.29, 1.82) is 0 Å². The highest BCUT2D eigenvalue weighted by atomic mass is 16.6. The SMILES string of the molecule is Cc1ccc(C)c(C(=O)OCC(=O)NC(=O)Nc2ccc3c(c2)OCCO3)c1. The molecule has 1 aliphatic rings. The van der Waals surface area contributed by atoms with Crippen molar-refractivity contribution in [3.8, 4) is 11.5 Å². The number of hydrogen-bond donors (Lipinski definition) is 2. The van der Waals surface area contributed by atoms with Gasteiger partial charge in [-0.2, -0.15) is 0 Å². The monoisotopic (exact) mass is 384 g/mol. The van der Waals surface area contributed by atoms with Crippen LogP contribution in [0.2, 0.25) is 0 Å². The molecule has 1 heterocycles. The van der Waals surface area contributed by atoms with Crippen molar-refractivity contribution in [2.45, 2.75) is 13.8 Å². The molecule has 0 aromatic heterocycles. The molecular formula is C20H20N2O6. The van der Waals surface area contributed by atoms with Crippen LogP contribution >= 0.6 is 0 Å². The lowest BCUT2D eigenvalue weighted by Crippen LogP contribution is -2.37. The van der Waals surface area contributed by atoms with E-state index in [1.165, 1.54) is 0 Å². The molecule has 0 radical (unpaired) electrons. The van der Waals surface area contributed by atoms with Crippen LogP contribution in [-0.2, 0) is 9.53 Å². The number of aryl methyl sites for hydroxylation is 2. The van der Waals surface area contributed by atoms with Gasteiger partial charge in [0.15, 0.2) is 18.1 Å². The number of esters is 1. The smallest absolute Gasteiger partial charge is 0.338 e. The number of rotatable bonds is 4. The van der Waals surface area contributed by atoms with Gasteiger partial charge in [-0.15, -0.1) is 0 Å². The van der Waals surface area contributed by atoms with Crippen molar-refractivity contribution in [3.63, 3.8) is 0 Å². The molecule has 0 saturated carbocycles. The number of benzene rings is 2. The second kappa shape index (κ2) is 8.43. The molecule has 2 aromatic rings. The van der Waals surface area contributed by atoms with Gasteiger partial charge in [-0.3, -0.25) is 10.1 Å². The average molecular weight is 384 g/mol. The number of carbonyl (C=O) groups excluding carboxylic acids is 3. The molecular weight excluding hydrogens is 364 g/mol. The van der Waals surface area contributed by atoms with E-state index in [0.29, 0.717) is 36.0 Å². The molecule has 0 unspecified atom stereocenters. The van der Waals surface area contributed by atoms with E-state index in [4.69, 9.17) is 14.2 Å². The highest BCUT2D eigenvalue weighted by molar-refractivity contribution is 6.02. The van der Waals surface area contributed by atoms with E-state index < -0.39 is 24.5 Å². The summed E-state index contributed by atoms with van der Waals surface area (Å²) in [4.78, 5) is 35.9. The van der Waals surface area contributed by atoms with E-state index in [9.17, 15) is 14.4 Å². The standard InChI is InChI=1S/C20H20N2O6/c1-12-3-4-13(2)15(9-12)19(24)28-11-18(23)22-20(25)21-14-5-6-16-17(10-14)27-8-7-26-16/h3-6,9-10H,7-8,11H2,1-2H3,(H2,21,22,23,25). The van der Waals surface area contributed by atoms with Gasteiger partial charge >= 0.3 is 12.0 Å². The minimum absolute atomic E-state index is 0.383. The van der Waals surface area contributed by atoms with Gasteiger partial charge in [0, 0.05) is 11.8 Å². The summed E-state index contributed by atoms with van der Waals surface area (Å²) >= 11 is 0. The Kier molecular flexibility index (Phi) is 5.78.